The van der Waals surface area contributed by atoms with Crippen LogP contribution in [-0.4, -0.2) is 5.91 Å². The van der Waals surface area contributed by atoms with Gasteiger partial charge in [-0.05, 0) is 40.8 Å². The van der Waals surface area contributed by atoms with E-state index in [1.165, 1.54) is 5.56 Å². The Balaban J connectivity index is 1.93. The molecule has 0 atom stereocenters. The molecule has 1 heterocycles. The van der Waals surface area contributed by atoms with Crippen molar-refractivity contribution in [3.8, 4) is 0 Å². The minimum absolute atomic E-state index is 0.214. The highest BCUT2D eigenvalue weighted by molar-refractivity contribution is 6.29. The van der Waals surface area contributed by atoms with E-state index in [4.69, 9.17) is 16.0 Å². The van der Waals surface area contributed by atoms with Gasteiger partial charge in [-0.1, -0.05) is 38.1 Å². The summed E-state index contributed by atoms with van der Waals surface area (Å²) in [6, 6.07) is 11.3. The van der Waals surface area contributed by atoms with E-state index in [1.54, 1.807) is 12.1 Å². The number of carbonyl (C=O) groups excluding carboxylic acids is 1. The Morgan fingerprint density at radius 3 is 2.42 bits per heavy atom. The fraction of sp³-hybridized carbons (Fsp3) is 0.267. The molecule has 3 nitrogen and oxygen atoms in total. The van der Waals surface area contributed by atoms with Crippen LogP contribution in [0.2, 0.25) is 5.22 Å². The first-order valence-corrected chi connectivity index (χ1v) is 6.56. The lowest BCUT2D eigenvalue weighted by molar-refractivity contribution is 0.0923. The van der Waals surface area contributed by atoms with E-state index in [2.05, 4.69) is 31.3 Å². The molecule has 1 N–H and O–H groups in total. The van der Waals surface area contributed by atoms with Gasteiger partial charge in [-0.3, -0.25) is 4.79 Å². The maximum Gasteiger partial charge on any atom is 0.287 e. The molecule has 4 heteroatoms. The fourth-order valence-electron chi connectivity index (χ4n) is 1.73. The number of hydrogen-bond donors (Lipinski definition) is 1. The minimum Gasteiger partial charge on any atom is -0.440 e. The van der Waals surface area contributed by atoms with E-state index >= 15 is 0 Å². The van der Waals surface area contributed by atoms with Gasteiger partial charge in [0.2, 0.25) is 0 Å². The lowest BCUT2D eigenvalue weighted by Crippen LogP contribution is -2.22. The molecule has 2 aromatic rings. The predicted octanol–water partition coefficient (Wildman–Crippen LogP) is 3.99. The quantitative estimate of drug-likeness (QED) is 0.918. The van der Waals surface area contributed by atoms with E-state index in [1.807, 2.05) is 12.1 Å². The number of hydrogen-bond acceptors (Lipinski definition) is 2. The Labute approximate surface area is 117 Å². The summed E-state index contributed by atoms with van der Waals surface area (Å²) in [6.45, 7) is 4.77. The normalized spacial score (nSPS) is 10.7. The number of nitrogens with one attached hydrogen (secondary N) is 1. The van der Waals surface area contributed by atoms with Crippen molar-refractivity contribution in [3.63, 3.8) is 0 Å². The van der Waals surface area contributed by atoms with Crippen LogP contribution in [0.5, 0.6) is 0 Å². The SMILES string of the molecule is CC(C)c1ccc(CNC(=O)c2ccc(Cl)o2)cc1. The van der Waals surface area contributed by atoms with Gasteiger partial charge in [0, 0.05) is 6.54 Å². The van der Waals surface area contributed by atoms with E-state index in [0.717, 1.165) is 5.56 Å². The maximum absolute atomic E-state index is 11.7. The van der Waals surface area contributed by atoms with Crippen molar-refractivity contribution in [2.24, 2.45) is 0 Å². The van der Waals surface area contributed by atoms with Crippen LogP contribution >= 0.6 is 11.6 Å². The molecular weight excluding hydrogens is 262 g/mol. The largest absolute Gasteiger partial charge is 0.440 e. The molecular formula is C15H16ClNO2. The molecule has 0 fully saturated rings. The molecule has 19 heavy (non-hydrogen) atoms. The zero-order chi connectivity index (χ0) is 13.8. The summed E-state index contributed by atoms with van der Waals surface area (Å²) in [5.41, 5.74) is 2.34. The van der Waals surface area contributed by atoms with Gasteiger partial charge >= 0.3 is 0 Å². The third-order valence-electron chi connectivity index (χ3n) is 2.90. The van der Waals surface area contributed by atoms with E-state index in [0.29, 0.717) is 12.5 Å². The smallest absolute Gasteiger partial charge is 0.287 e. The predicted molar refractivity (Wildman–Crippen MR) is 75.4 cm³/mol. The molecule has 1 amide bonds. The van der Waals surface area contributed by atoms with Gasteiger partial charge in [-0.25, -0.2) is 0 Å². The van der Waals surface area contributed by atoms with Crippen molar-refractivity contribution in [2.75, 3.05) is 0 Å². The number of halogens is 1. The minimum atomic E-state index is -0.264. The summed E-state index contributed by atoms with van der Waals surface area (Å²) in [5, 5.41) is 3.00. The van der Waals surface area contributed by atoms with Crippen LogP contribution in [0.1, 0.15) is 41.4 Å². The van der Waals surface area contributed by atoms with Crippen LogP contribution in [-0.2, 0) is 6.54 Å². The highest BCUT2D eigenvalue weighted by atomic mass is 35.5. The topological polar surface area (TPSA) is 42.2 Å². The summed E-state index contributed by atoms with van der Waals surface area (Å²) in [4.78, 5) is 11.7. The molecule has 1 aromatic carbocycles. The van der Waals surface area contributed by atoms with Crippen LogP contribution < -0.4 is 5.32 Å². The van der Waals surface area contributed by atoms with Crippen molar-refractivity contribution in [1.29, 1.82) is 0 Å². The highest BCUT2D eigenvalue weighted by Crippen LogP contribution is 2.15. The van der Waals surface area contributed by atoms with Crippen LogP contribution in [0.3, 0.4) is 0 Å². The first kappa shape index (κ1) is 13.7. The number of rotatable bonds is 4. The third kappa shape index (κ3) is 3.61. The second-order valence-corrected chi connectivity index (χ2v) is 5.06. The van der Waals surface area contributed by atoms with Gasteiger partial charge in [-0.15, -0.1) is 0 Å². The fourth-order valence-corrected chi connectivity index (χ4v) is 1.87. The molecule has 0 aliphatic rings. The molecule has 2 rings (SSSR count). The van der Waals surface area contributed by atoms with E-state index in [-0.39, 0.29) is 16.9 Å². The Hall–Kier alpha value is -1.74. The summed E-state index contributed by atoms with van der Waals surface area (Å²) >= 11 is 5.62. The zero-order valence-electron chi connectivity index (χ0n) is 10.9. The van der Waals surface area contributed by atoms with Crippen LogP contribution in [0.25, 0.3) is 0 Å². The van der Waals surface area contributed by atoms with Gasteiger partial charge in [0.15, 0.2) is 11.0 Å². The molecule has 0 bridgehead atoms. The molecule has 1 aromatic heterocycles. The van der Waals surface area contributed by atoms with Crippen molar-refractivity contribution in [3.05, 3.63) is 58.5 Å². The van der Waals surface area contributed by atoms with Gasteiger partial charge < -0.3 is 9.73 Å². The van der Waals surface area contributed by atoms with Crippen LogP contribution in [0, 0.1) is 0 Å². The summed E-state index contributed by atoms with van der Waals surface area (Å²) in [6.07, 6.45) is 0. The molecule has 100 valence electrons. The first-order valence-electron chi connectivity index (χ1n) is 6.18. The molecule has 0 aliphatic carbocycles. The van der Waals surface area contributed by atoms with Gasteiger partial charge in [0.05, 0.1) is 0 Å². The van der Waals surface area contributed by atoms with Gasteiger partial charge in [0.25, 0.3) is 5.91 Å². The molecule has 0 saturated carbocycles. The molecule has 0 saturated heterocycles. The molecule has 0 radical (unpaired) electrons. The molecule has 0 aliphatic heterocycles. The van der Waals surface area contributed by atoms with Crippen molar-refractivity contribution in [1.82, 2.24) is 5.32 Å². The number of carbonyl (C=O) groups is 1. The monoisotopic (exact) mass is 277 g/mol. The lowest BCUT2D eigenvalue weighted by atomic mass is 10.0. The van der Waals surface area contributed by atoms with Crippen molar-refractivity contribution in [2.45, 2.75) is 26.3 Å². The number of amides is 1. The summed E-state index contributed by atoms with van der Waals surface area (Å²) in [7, 11) is 0. The Morgan fingerprint density at radius 1 is 1.21 bits per heavy atom. The summed E-state index contributed by atoms with van der Waals surface area (Å²) < 4.78 is 5.04. The van der Waals surface area contributed by atoms with Gasteiger partial charge in [-0.2, -0.15) is 0 Å². The lowest BCUT2D eigenvalue weighted by Gasteiger charge is -2.07. The second kappa shape index (κ2) is 5.93. The third-order valence-corrected chi connectivity index (χ3v) is 3.10. The second-order valence-electron chi connectivity index (χ2n) is 4.68. The Bertz CT molecular complexity index is 558. The Kier molecular flexibility index (Phi) is 4.27. The zero-order valence-corrected chi connectivity index (χ0v) is 11.7. The van der Waals surface area contributed by atoms with E-state index in [9.17, 15) is 4.79 Å². The molecule has 0 unspecified atom stereocenters. The first-order chi connectivity index (χ1) is 9.06. The highest BCUT2D eigenvalue weighted by Gasteiger charge is 2.09. The molecule has 0 spiro atoms. The Morgan fingerprint density at radius 2 is 1.89 bits per heavy atom. The van der Waals surface area contributed by atoms with Crippen molar-refractivity contribution < 1.29 is 9.21 Å². The summed E-state index contributed by atoms with van der Waals surface area (Å²) in [5.74, 6) is 0.470. The number of furan rings is 1. The maximum atomic E-state index is 11.7. The van der Waals surface area contributed by atoms with Crippen LogP contribution in [0.4, 0.5) is 0 Å². The number of benzene rings is 1. The van der Waals surface area contributed by atoms with Gasteiger partial charge in [0.1, 0.15) is 0 Å². The standard InChI is InChI=1S/C15H16ClNO2/c1-10(2)12-5-3-11(4-6-12)9-17-15(18)13-7-8-14(16)19-13/h3-8,10H,9H2,1-2H3,(H,17,18). The van der Waals surface area contributed by atoms with E-state index < -0.39 is 0 Å². The average Bonchev–Trinajstić information content (AvgIpc) is 2.83. The van der Waals surface area contributed by atoms with Crippen LogP contribution in [0.15, 0.2) is 40.8 Å². The van der Waals surface area contributed by atoms with Crippen molar-refractivity contribution >= 4 is 17.5 Å². The average molecular weight is 278 g/mol.